The first-order valence-electron chi connectivity index (χ1n) is 5.27. The zero-order chi connectivity index (χ0) is 13.2. The van der Waals surface area contributed by atoms with Crippen molar-refractivity contribution in [3.8, 4) is 0 Å². The monoisotopic (exact) mass is 286 g/mol. The van der Waals surface area contributed by atoms with E-state index in [0.29, 0.717) is 15.6 Å². The minimum Gasteiger partial charge on any atom is -0.382 e. The summed E-state index contributed by atoms with van der Waals surface area (Å²) in [7, 11) is 0. The van der Waals surface area contributed by atoms with Crippen LogP contribution in [-0.2, 0) is 12.1 Å². The second-order valence-electron chi connectivity index (χ2n) is 3.96. The van der Waals surface area contributed by atoms with Gasteiger partial charge >= 0.3 is 0 Å². The van der Waals surface area contributed by atoms with Crippen molar-refractivity contribution < 1.29 is 5.11 Å². The summed E-state index contributed by atoms with van der Waals surface area (Å²) in [5, 5.41) is 18.9. The van der Waals surface area contributed by atoms with Gasteiger partial charge in [0.1, 0.15) is 5.60 Å². The van der Waals surface area contributed by atoms with Crippen molar-refractivity contribution in [3.63, 3.8) is 0 Å². The van der Waals surface area contributed by atoms with Gasteiger partial charge in [0, 0.05) is 28.4 Å². The molecule has 1 atom stereocenters. The van der Waals surface area contributed by atoms with Crippen LogP contribution in [0.2, 0.25) is 10.0 Å². The number of hydrogen-bond acceptors (Lipinski definition) is 4. The van der Waals surface area contributed by atoms with Crippen molar-refractivity contribution >= 4 is 23.2 Å². The predicted octanol–water partition coefficient (Wildman–Crippen LogP) is 1.43. The van der Waals surface area contributed by atoms with Gasteiger partial charge in [-0.25, -0.2) is 4.68 Å². The quantitative estimate of drug-likeness (QED) is 0.892. The minimum absolute atomic E-state index is 0.00815. The van der Waals surface area contributed by atoms with Gasteiger partial charge in [0.25, 0.3) is 0 Å². The molecule has 1 aromatic carbocycles. The third-order valence-electron chi connectivity index (χ3n) is 2.67. The van der Waals surface area contributed by atoms with Gasteiger partial charge in [0.15, 0.2) is 0 Å². The normalized spacial score (nSPS) is 14.4. The molecule has 7 heteroatoms. The standard InChI is InChI=1S/C11H12Cl2N4O/c12-8-1-2-9(10(13)5-8)11(18,6-14)7-17-4-3-15-16-17/h1-5,18H,6-7,14H2. The van der Waals surface area contributed by atoms with Crippen LogP contribution in [-0.4, -0.2) is 26.6 Å². The Morgan fingerprint density at radius 1 is 1.39 bits per heavy atom. The van der Waals surface area contributed by atoms with Crippen LogP contribution >= 0.6 is 23.2 Å². The summed E-state index contributed by atoms with van der Waals surface area (Å²) in [6.07, 6.45) is 3.17. The third-order valence-corrected chi connectivity index (χ3v) is 3.21. The van der Waals surface area contributed by atoms with Crippen LogP contribution in [0.3, 0.4) is 0 Å². The van der Waals surface area contributed by atoms with Crippen molar-refractivity contribution in [1.82, 2.24) is 15.0 Å². The number of halogens is 2. The topological polar surface area (TPSA) is 77.0 Å². The number of aliphatic hydroxyl groups is 1. The van der Waals surface area contributed by atoms with Crippen molar-refractivity contribution in [1.29, 1.82) is 0 Å². The van der Waals surface area contributed by atoms with E-state index in [1.54, 1.807) is 24.4 Å². The molecule has 0 radical (unpaired) electrons. The molecule has 0 saturated carbocycles. The molecule has 3 N–H and O–H groups in total. The highest BCUT2D eigenvalue weighted by Gasteiger charge is 2.31. The third kappa shape index (κ3) is 2.64. The Morgan fingerprint density at radius 3 is 2.72 bits per heavy atom. The van der Waals surface area contributed by atoms with Gasteiger partial charge in [0.2, 0.25) is 0 Å². The van der Waals surface area contributed by atoms with Crippen LogP contribution < -0.4 is 5.73 Å². The zero-order valence-corrected chi connectivity index (χ0v) is 10.9. The lowest BCUT2D eigenvalue weighted by atomic mass is 9.94. The predicted molar refractivity (Wildman–Crippen MR) is 69.4 cm³/mol. The zero-order valence-electron chi connectivity index (χ0n) is 9.42. The van der Waals surface area contributed by atoms with Crippen LogP contribution in [0.15, 0.2) is 30.6 Å². The lowest BCUT2D eigenvalue weighted by molar-refractivity contribution is 0.0236. The van der Waals surface area contributed by atoms with Gasteiger partial charge < -0.3 is 10.8 Å². The second-order valence-corrected chi connectivity index (χ2v) is 4.80. The smallest absolute Gasteiger partial charge is 0.123 e. The molecule has 0 spiro atoms. The summed E-state index contributed by atoms with van der Waals surface area (Å²) in [6.45, 7) is 0.180. The van der Waals surface area contributed by atoms with Crippen LogP contribution in [0, 0.1) is 0 Å². The fourth-order valence-corrected chi connectivity index (χ4v) is 2.30. The first-order chi connectivity index (χ1) is 8.55. The molecule has 2 rings (SSSR count). The molecule has 0 aliphatic heterocycles. The molecular weight excluding hydrogens is 275 g/mol. The molecule has 2 aromatic rings. The molecule has 18 heavy (non-hydrogen) atoms. The van der Waals surface area contributed by atoms with Crippen LogP contribution in [0.4, 0.5) is 0 Å². The van der Waals surface area contributed by atoms with E-state index < -0.39 is 5.60 Å². The average Bonchev–Trinajstić information content (AvgIpc) is 2.81. The Bertz CT molecular complexity index is 532. The SMILES string of the molecule is NCC(O)(Cn1ccnn1)c1ccc(Cl)cc1Cl. The lowest BCUT2D eigenvalue weighted by Gasteiger charge is -2.27. The number of rotatable bonds is 4. The molecule has 0 amide bonds. The summed E-state index contributed by atoms with van der Waals surface area (Å²) in [6, 6.07) is 4.89. The van der Waals surface area contributed by atoms with E-state index in [1.165, 1.54) is 10.9 Å². The summed E-state index contributed by atoms with van der Waals surface area (Å²) in [5.41, 5.74) is 4.87. The van der Waals surface area contributed by atoms with Crippen LogP contribution in [0.1, 0.15) is 5.56 Å². The highest BCUT2D eigenvalue weighted by molar-refractivity contribution is 6.35. The fraction of sp³-hybridized carbons (Fsp3) is 0.273. The minimum atomic E-state index is -1.31. The van der Waals surface area contributed by atoms with Gasteiger partial charge in [-0.15, -0.1) is 5.10 Å². The number of hydrogen-bond donors (Lipinski definition) is 2. The summed E-state index contributed by atoms with van der Waals surface area (Å²) in [4.78, 5) is 0. The maximum atomic E-state index is 10.6. The van der Waals surface area contributed by atoms with E-state index >= 15 is 0 Å². The molecule has 0 fully saturated rings. The molecule has 96 valence electrons. The number of aromatic nitrogens is 3. The van der Waals surface area contributed by atoms with Gasteiger partial charge in [-0.1, -0.05) is 34.5 Å². The van der Waals surface area contributed by atoms with Gasteiger partial charge in [0.05, 0.1) is 12.7 Å². The van der Waals surface area contributed by atoms with E-state index in [1.807, 2.05) is 0 Å². The Morgan fingerprint density at radius 2 is 2.17 bits per heavy atom. The van der Waals surface area contributed by atoms with Crippen molar-refractivity contribution in [2.24, 2.45) is 5.73 Å². The highest BCUT2D eigenvalue weighted by Crippen LogP contribution is 2.31. The Balaban J connectivity index is 2.36. The van der Waals surface area contributed by atoms with Crippen molar-refractivity contribution in [2.75, 3.05) is 6.54 Å². The molecule has 5 nitrogen and oxygen atoms in total. The summed E-state index contributed by atoms with van der Waals surface area (Å²) >= 11 is 11.9. The second kappa shape index (κ2) is 5.24. The molecule has 1 heterocycles. The van der Waals surface area contributed by atoms with E-state index in [9.17, 15) is 5.11 Å². The van der Waals surface area contributed by atoms with Crippen molar-refractivity contribution in [3.05, 3.63) is 46.2 Å². The first-order valence-corrected chi connectivity index (χ1v) is 6.03. The number of nitrogens with two attached hydrogens (primary N) is 1. The van der Waals surface area contributed by atoms with Gasteiger partial charge in [-0.2, -0.15) is 0 Å². The lowest BCUT2D eigenvalue weighted by Crippen LogP contribution is -2.39. The van der Waals surface area contributed by atoms with E-state index in [4.69, 9.17) is 28.9 Å². The van der Waals surface area contributed by atoms with E-state index in [-0.39, 0.29) is 13.1 Å². The molecular formula is C11H12Cl2N4O. The Hall–Kier alpha value is -1.14. The summed E-state index contributed by atoms with van der Waals surface area (Å²) in [5.74, 6) is 0. The maximum absolute atomic E-state index is 10.6. The number of benzene rings is 1. The van der Waals surface area contributed by atoms with Crippen LogP contribution in [0.5, 0.6) is 0 Å². The fourth-order valence-electron chi connectivity index (χ4n) is 1.71. The largest absolute Gasteiger partial charge is 0.382 e. The van der Waals surface area contributed by atoms with Crippen molar-refractivity contribution in [2.45, 2.75) is 12.1 Å². The Labute approximate surface area is 114 Å². The average molecular weight is 287 g/mol. The summed E-state index contributed by atoms with van der Waals surface area (Å²) < 4.78 is 1.50. The molecule has 0 bridgehead atoms. The molecule has 0 saturated heterocycles. The molecule has 0 aliphatic rings. The molecule has 1 aromatic heterocycles. The van der Waals surface area contributed by atoms with E-state index in [2.05, 4.69) is 10.3 Å². The van der Waals surface area contributed by atoms with Gasteiger partial charge in [-0.05, 0) is 12.1 Å². The Kier molecular flexibility index (Phi) is 3.87. The number of nitrogens with zero attached hydrogens (tertiary/aromatic N) is 3. The van der Waals surface area contributed by atoms with Crippen LogP contribution in [0.25, 0.3) is 0 Å². The van der Waals surface area contributed by atoms with E-state index in [0.717, 1.165) is 0 Å². The highest BCUT2D eigenvalue weighted by atomic mass is 35.5. The maximum Gasteiger partial charge on any atom is 0.123 e. The molecule has 0 aliphatic carbocycles. The first kappa shape index (κ1) is 13.3. The molecule has 1 unspecified atom stereocenters. The van der Waals surface area contributed by atoms with Gasteiger partial charge in [-0.3, -0.25) is 0 Å².